The first-order valence-corrected chi connectivity index (χ1v) is 4.59. The first-order valence-electron chi connectivity index (χ1n) is 4.59. The number of hydrogen-bond donors (Lipinski definition) is 0. The fourth-order valence-electron chi connectivity index (χ4n) is 1.26. The maximum absolute atomic E-state index is 11.8. The van der Waals surface area contributed by atoms with Crippen molar-refractivity contribution in [2.24, 2.45) is 0 Å². The van der Waals surface area contributed by atoms with Crippen molar-refractivity contribution < 1.29 is 14.4 Å². The highest BCUT2D eigenvalue weighted by Gasteiger charge is 2.14. The number of amides is 1. The number of nitrogens with zero attached hydrogens (tertiary/aromatic N) is 1. The van der Waals surface area contributed by atoms with Crippen molar-refractivity contribution in [3.8, 4) is 0 Å². The second-order valence-corrected chi connectivity index (χ2v) is 3.08. The summed E-state index contributed by atoms with van der Waals surface area (Å²) < 4.78 is 5.02. The van der Waals surface area contributed by atoms with Crippen molar-refractivity contribution in [1.82, 2.24) is 5.06 Å². The lowest BCUT2D eigenvalue weighted by atomic mass is 10.1. The van der Waals surface area contributed by atoms with Gasteiger partial charge >= 0.3 is 0 Å². The predicted octanol–water partition coefficient (Wildman–Crippen LogP) is 1.47. The van der Waals surface area contributed by atoms with Crippen molar-refractivity contribution >= 4 is 5.91 Å². The molecular formula is C11H15NO3. The maximum atomic E-state index is 11.8. The summed E-state index contributed by atoms with van der Waals surface area (Å²) in [5.41, 5.74) is 1.46. The molecule has 0 N–H and O–H groups in total. The van der Waals surface area contributed by atoms with Gasteiger partial charge in [0.1, 0.15) is 0 Å². The third-order valence-corrected chi connectivity index (χ3v) is 2.11. The molecule has 0 aliphatic carbocycles. The van der Waals surface area contributed by atoms with Gasteiger partial charge in [0.15, 0.2) is 0 Å². The average molecular weight is 209 g/mol. The number of methoxy groups -OCH3 is 1. The second-order valence-electron chi connectivity index (χ2n) is 3.08. The summed E-state index contributed by atoms with van der Waals surface area (Å²) in [4.78, 5) is 16.7. The molecule has 1 aromatic carbocycles. The van der Waals surface area contributed by atoms with Crippen LogP contribution in [0, 0.1) is 0 Å². The fourth-order valence-corrected chi connectivity index (χ4v) is 1.26. The van der Waals surface area contributed by atoms with Crippen molar-refractivity contribution in [1.29, 1.82) is 0 Å². The zero-order valence-electron chi connectivity index (χ0n) is 9.19. The minimum atomic E-state index is -0.176. The molecule has 0 aromatic heterocycles. The lowest BCUT2D eigenvalue weighted by Gasteiger charge is -2.15. The van der Waals surface area contributed by atoms with Gasteiger partial charge in [-0.2, -0.15) is 0 Å². The van der Waals surface area contributed by atoms with Gasteiger partial charge in [-0.15, -0.1) is 0 Å². The zero-order chi connectivity index (χ0) is 11.3. The van der Waals surface area contributed by atoms with Crippen LogP contribution in [0.2, 0.25) is 0 Å². The van der Waals surface area contributed by atoms with E-state index in [0.29, 0.717) is 12.2 Å². The largest absolute Gasteiger partial charge is 0.380 e. The van der Waals surface area contributed by atoms with Gasteiger partial charge in [-0.1, -0.05) is 18.2 Å². The number of hydroxylamine groups is 2. The summed E-state index contributed by atoms with van der Waals surface area (Å²) in [7, 11) is 4.63. The number of ether oxygens (including phenoxy) is 1. The molecule has 82 valence electrons. The smallest absolute Gasteiger partial charge is 0.277 e. The Balaban J connectivity index is 2.96. The van der Waals surface area contributed by atoms with Gasteiger partial charge in [0.2, 0.25) is 0 Å². The third kappa shape index (κ3) is 2.78. The molecule has 0 radical (unpaired) electrons. The summed E-state index contributed by atoms with van der Waals surface area (Å²) in [5, 5.41) is 1.19. The molecule has 0 saturated carbocycles. The molecule has 0 unspecified atom stereocenters. The van der Waals surface area contributed by atoms with Gasteiger partial charge < -0.3 is 4.74 Å². The number of carbonyl (C=O) groups excluding carboxylic acids is 1. The van der Waals surface area contributed by atoms with Crippen LogP contribution in [0.5, 0.6) is 0 Å². The summed E-state index contributed by atoms with van der Waals surface area (Å²) >= 11 is 0. The van der Waals surface area contributed by atoms with Gasteiger partial charge in [-0.05, 0) is 11.6 Å². The Hall–Kier alpha value is -1.39. The zero-order valence-corrected chi connectivity index (χ0v) is 9.19. The SMILES string of the molecule is COCc1ccccc1C(=O)N(C)OC. The van der Waals surface area contributed by atoms with Crippen molar-refractivity contribution in [2.75, 3.05) is 21.3 Å². The number of rotatable bonds is 4. The van der Waals surface area contributed by atoms with Crippen LogP contribution in [0.25, 0.3) is 0 Å². The van der Waals surface area contributed by atoms with E-state index >= 15 is 0 Å². The quantitative estimate of drug-likeness (QED) is 0.705. The maximum Gasteiger partial charge on any atom is 0.277 e. The monoisotopic (exact) mass is 209 g/mol. The molecule has 0 saturated heterocycles. The van der Waals surface area contributed by atoms with Gasteiger partial charge in [0.25, 0.3) is 5.91 Å². The Morgan fingerprint density at radius 1 is 1.33 bits per heavy atom. The predicted molar refractivity (Wildman–Crippen MR) is 56.3 cm³/mol. The normalized spacial score (nSPS) is 10.1. The van der Waals surface area contributed by atoms with Crippen LogP contribution in [0.15, 0.2) is 24.3 Å². The Morgan fingerprint density at radius 2 is 2.00 bits per heavy atom. The Kier molecular flexibility index (Phi) is 4.27. The molecule has 1 amide bonds. The standard InChI is InChI=1S/C11H15NO3/c1-12(15-3)11(13)10-7-5-4-6-9(10)8-14-2/h4-7H,8H2,1-3H3. The van der Waals surface area contributed by atoms with Gasteiger partial charge in [-0.25, -0.2) is 5.06 Å². The van der Waals surface area contributed by atoms with E-state index in [1.165, 1.54) is 12.2 Å². The minimum Gasteiger partial charge on any atom is -0.380 e. The number of hydrogen-bond acceptors (Lipinski definition) is 3. The second kappa shape index (κ2) is 5.48. The van der Waals surface area contributed by atoms with Gasteiger partial charge in [0, 0.05) is 19.7 Å². The van der Waals surface area contributed by atoms with E-state index in [-0.39, 0.29) is 5.91 Å². The van der Waals surface area contributed by atoms with Crippen molar-refractivity contribution in [3.63, 3.8) is 0 Å². The molecule has 0 bridgehead atoms. The molecule has 0 heterocycles. The Labute approximate surface area is 89.4 Å². The van der Waals surface area contributed by atoms with E-state index in [9.17, 15) is 4.79 Å². The molecule has 0 aliphatic rings. The fraction of sp³-hybridized carbons (Fsp3) is 0.364. The lowest BCUT2D eigenvalue weighted by Crippen LogP contribution is -2.26. The van der Waals surface area contributed by atoms with Crippen LogP contribution >= 0.6 is 0 Å². The van der Waals surface area contributed by atoms with E-state index in [1.807, 2.05) is 18.2 Å². The minimum absolute atomic E-state index is 0.176. The summed E-state index contributed by atoms with van der Waals surface area (Å²) in [6, 6.07) is 7.31. The summed E-state index contributed by atoms with van der Waals surface area (Å²) in [5.74, 6) is -0.176. The molecule has 0 atom stereocenters. The van der Waals surface area contributed by atoms with E-state index in [4.69, 9.17) is 9.57 Å². The molecule has 1 aromatic rings. The Morgan fingerprint density at radius 3 is 2.60 bits per heavy atom. The number of benzene rings is 1. The van der Waals surface area contributed by atoms with E-state index in [0.717, 1.165) is 5.56 Å². The topological polar surface area (TPSA) is 38.8 Å². The summed E-state index contributed by atoms with van der Waals surface area (Å²) in [6.07, 6.45) is 0. The highest BCUT2D eigenvalue weighted by molar-refractivity contribution is 5.94. The molecule has 1 rings (SSSR count). The molecule has 4 nitrogen and oxygen atoms in total. The number of carbonyl (C=O) groups is 1. The van der Waals surface area contributed by atoms with E-state index < -0.39 is 0 Å². The van der Waals surface area contributed by atoms with Crippen LogP contribution in [0.1, 0.15) is 15.9 Å². The average Bonchev–Trinajstić information content (AvgIpc) is 2.28. The molecular weight excluding hydrogens is 194 g/mol. The molecule has 4 heteroatoms. The first-order chi connectivity index (χ1) is 7.20. The van der Waals surface area contributed by atoms with Gasteiger partial charge in [-0.3, -0.25) is 9.63 Å². The van der Waals surface area contributed by atoms with Crippen LogP contribution in [-0.4, -0.2) is 32.2 Å². The van der Waals surface area contributed by atoms with Gasteiger partial charge in [0.05, 0.1) is 13.7 Å². The molecule has 0 aliphatic heterocycles. The molecule has 0 fully saturated rings. The van der Waals surface area contributed by atoms with Crippen LogP contribution in [-0.2, 0) is 16.2 Å². The first kappa shape index (κ1) is 11.7. The molecule has 0 spiro atoms. The highest BCUT2D eigenvalue weighted by Crippen LogP contribution is 2.12. The molecule has 15 heavy (non-hydrogen) atoms. The third-order valence-electron chi connectivity index (χ3n) is 2.11. The Bertz CT molecular complexity index is 338. The summed E-state index contributed by atoms with van der Waals surface area (Å²) in [6.45, 7) is 0.416. The van der Waals surface area contributed by atoms with Crippen molar-refractivity contribution in [3.05, 3.63) is 35.4 Å². The van der Waals surface area contributed by atoms with Crippen molar-refractivity contribution in [2.45, 2.75) is 6.61 Å². The lowest BCUT2D eigenvalue weighted by molar-refractivity contribution is -0.0758. The highest BCUT2D eigenvalue weighted by atomic mass is 16.7. The van der Waals surface area contributed by atoms with Crippen LogP contribution in [0.4, 0.5) is 0 Å². The van der Waals surface area contributed by atoms with E-state index in [2.05, 4.69) is 0 Å². The van der Waals surface area contributed by atoms with Crippen LogP contribution < -0.4 is 0 Å². The van der Waals surface area contributed by atoms with E-state index in [1.54, 1.807) is 20.2 Å². The van der Waals surface area contributed by atoms with Crippen LogP contribution in [0.3, 0.4) is 0 Å².